The second kappa shape index (κ2) is 11.9. The number of furan rings is 1. The van der Waals surface area contributed by atoms with Crippen LogP contribution in [0.4, 0.5) is 0 Å². The lowest BCUT2D eigenvalue weighted by Crippen LogP contribution is -2.44. The van der Waals surface area contributed by atoms with Crippen molar-refractivity contribution in [2.75, 3.05) is 13.1 Å². The van der Waals surface area contributed by atoms with Gasteiger partial charge in [-0.05, 0) is 36.1 Å². The van der Waals surface area contributed by atoms with Gasteiger partial charge in [-0.25, -0.2) is 0 Å². The van der Waals surface area contributed by atoms with Crippen molar-refractivity contribution in [3.63, 3.8) is 0 Å². The van der Waals surface area contributed by atoms with Crippen molar-refractivity contribution in [1.82, 2.24) is 9.80 Å². The van der Waals surface area contributed by atoms with Crippen LogP contribution in [0.25, 0.3) is 0 Å². The zero-order valence-corrected chi connectivity index (χ0v) is 18.9. The maximum atomic E-state index is 13.4. The highest BCUT2D eigenvalue weighted by atomic mass is 16.3. The van der Waals surface area contributed by atoms with Crippen LogP contribution in [0.3, 0.4) is 0 Å². The van der Waals surface area contributed by atoms with Gasteiger partial charge in [-0.2, -0.15) is 0 Å². The molecule has 168 valence electrons. The molecule has 1 atom stereocenters. The summed E-state index contributed by atoms with van der Waals surface area (Å²) in [7, 11) is 0. The second-order valence-corrected chi connectivity index (χ2v) is 7.95. The van der Waals surface area contributed by atoms with E-state index in [0.29, 0.717) is 26.1 Å². The largest absolute Gasteiger partial charge is 0.467 e. The molecular formula is C27H32N2O3. The summed E-state index contributed by atoms with van der Waals surface area (Å²) >= 11 is 0. The minimum absolute atomic E-state index is 0.00607. The van der Waals surface area contributed by atoms with E-state index in [1.807, 2.05) is 86.6 Å². The Bertz CT molecular complexity index is 955. The Kier molecular flexibility index (Phi) is 8.67. The first kappa shape index (κ1) is 23.3. The first-order valence-electron chi connectivity index (χ1n) is 11.3. The summed E-state index contributed by atoms with van der Waals surface area (Å²) in [5.41, 5.74) is 2.03. The van der Waals surface area contributed by atoms with Crippen molar-refractivity contribution in [3.8, 4) is 0 Å². The van der Waals surface area contributed by atoms with Gasteiger partial charge in [0.1, 0.15) is 5.76 Å². The zero-order valence-electron chi connectivity index (χ0n) is 18.9. The van der Waals surface area contributed by atoms with Crippen LogP contribution in [-0.2, 0) is 22.7 Å². The molecule has 5 heteroatoms. The highest BCUT2D eigenvalue weighted by Crippen LogP contribution is 2.22. The molecule has 0 aliphatic heterocycles. The molecule has 0 radical (unpaired) electrons. The molecule has 3 rings (SSSR count). The third-order valence-corrected chi connectivity index (χ3v) is 5.54. The Morgan fingerprint density at radius 3 is 2.12 bits per heavy atom. The SMILES string of the molecule is CCCN(CC(=O)N(Cc1ccccc1)Cc1ccco1)C(=O)C(CC)c1ccccc1. The minimum atomic E-state index is -0.247. The fourth-order valence-corrected chi connectivity index (χ4v) is 3.89. The van der Waals surface area contributed by atoms with E-state index in [1.54, 1.807) is 16.1 Å². The Morgan fingerprint density at radius 1 is 0.844 bits per heavy atom. The van der Waals surface area contributed by atoms with Gasteiger partial charge in [0, 0.05) is 13.1 Å². The fraction of sp³-hybridized carbons (Fsp3) is 0.333. The van der Waals surface area contributed by atoms with E-state index in [4.69, 9.17) is 4.42 Å². The third kappa shape index (κ3) is 6.33. The maximum Gasteiger partial charge on any atom is 0.242 e. The molecule has 0 spiro atoms. The van der Waals surface area contributed by atoms with Gasteiger partial charge in [0.05, 0.1) is 25.3 Å². The number of carbonyl (C=O) groups excluding carboxylic acids is 2. The average molecular weight is 433 g/mol. The standard InChI is InChI=1S/C27H32N2O3/c1-3-17-28(27(31)25(4-2)23-14-9-6-10-15-23)21-26(30)29(20-24-16-11-18-32-24)19-22-12-7-5-8-13-22/h5-16,18,25H,3-4,17,19-21H2,1-2H3. The highest BCUT2D eigenvalue weighted by Gasteiger charge is 2.27. The van der Waals surface area contributed by atoms with Crippen molar-refractivity contribution < 1.29 is 14.0 Å². The summed E-state index contributed by atoms with van der Waals surface area (Å²) < 4.78 is 5.49. The second-order valence-electron chi connectivity index (χ2n) is 7.95. The van der Waals surface area contributed by atoms with Crippen LogP contribution in [0, 0.1) is 0 Å². The van der Waals surface area contributed by atoms with E-state index in [1.165, 1.54) is 0 Å². The molecule has 1 aromatic heterocycles. The van der Waals surface area contributed by atoms with Gasteiger partial charge in [-0.3, -0.25) is 9.59 Å². The predicted octanol–water partition coefficient (Wildman–Crippen LogP) is 5.24. The normalized spacial score (nSPS) is 11.7. The van der Waals surface area contributed by atoms with E-state index in [9.17, 15) is 9.59 Å². The summed E-state index contributed by atoms with van der Waals surface area (Å²) in [5, 5.41) is 0. The molecule has 5 nitrogen and oxygen atoms in total. The van der Waals surface area contributed by atoms with Crippen LogP contribution in [0.2, 0.25) is 0 Å². The summed E-state index contributed by atoms with van der Waals surface area (Å²) in [6.45, 7) is 5.48. The number of carbonyl (C=O) groups is 2. The van der Waals surface area contributed by atoms with Gasteiger partial charge < -0.3 is 14.2 Å². The van der Waals surface area contributed by atoms with Crippen molar-refractivity contribution in [3.05, 3.63) is 95.9 Å². The summed E-state index contributed by atoms with van der Waals surface area (Å²) in [5.74, 6) is 0.392. The first-order valence-corrected chi connectivity index (χ1v) is 11.3. The van der Waals surface area contributed by atoms with E-state index in [0.717, 1.165) is 23.3 Å². The van der Waals surface area contributed by atoms with E-state index in [2.05, 4.69) is 0 Å². The van der Waals surface area contributed by atoms with Crippen LogP contribution >= 0.6 is 0 Å². The number of rotatable bonds is 11. The lowest BCUT2D eigenvalue weighted by atomic mass is 9.95. The average Bonchev–Trinajstić information content (AvgIpc) is 3.33. The number of amides is 2. The highest BCUT2D eigenvalue weighted by molar-refractivity contribution is 5.88. The van der Waals surface area contributed by atoms with Gasteiger partial charge in [0.2, 0.25) is 11.8 Å². The number of hydrogen-bond acceptors (Lipinski definition) is 3. The van der Waals surface area contributed by atoms with Crippen LogP contribution in [-0.4, -0.2) is 34.7 Å². The quantitative estimate of drug-likeness (QED) is 0.416. The Hall–Kier alpha value is -3.34. The summed E-state index contributed by atoms with van der Waals surface area (Å²) in [6.07, 6.45) is 3.09. The van der Waals surface area contributed by atoms with Crippen LogP contribution in [0.1, 0.15) is 49.5 Å². The molecule has 1 unspecified atom stereocenters. The maximum absolute atomic E-state index is 13.4. The fourth-order valence-electron chi connectivity index (χ4n) is 3.89. The molecule has 0 saturated carbocycles. The zero-order chi connectivity index (χ0) is 22.8. The monoisotopic (exact) mass is 432 g/mol. The van der Waals surface area contributed by atoms with Crippen molar-refractivity contribution in [2.24, 2.45) is 0 Å². The summed E-state index contributed by atoms with van der Waals surface area (Å²) in [4.78, 5) is 30.3. The van der Waals surface area contributed by atoms with Crippen LogP contribution in [0.5, 0.6) is 0 Å². The van der Waals surface area contributed by atoms with Crippen molar-refractivity contribution >= 4 is 11.8 Å². The smallest absolute Gasteiger partial charge is 0.242 e. The molecule has 0 saturated heterocycles. The van der Waals surface area contributed by atoms with Gasteiger partial charge in [0.15, 0.2) is 0 Å². The molecule has 0 aliphatic carbocycles. The van der Waals surface area contributed by atoms with Gasteiger partial charge in [-0.1, -0.05) is 74.5 Å². The first-order chi connectivity index (χ1) is 15.6. The lowest BCUT2D eigenvalue weighted by molar-refractivity contribution is -0.142. The van der Waals surface area contributed by atoms with Crippen molar-refractivity contribution in [1.29, 1.82) is 0 Å². The molecule has 2 amide bonds. The number of hydrogen-bond donors (Lipinski definition) is 0. The van der Waals surface area contributed by atoms with Crippen LogP contribution < -0.4 is 0 Å². The molecule has 3 aromatic rings. The molecule has 1 heterocycles. The molecular weight excluding hydrogens is 400 g/mol. The van der Waals surface area contributed by atoms with Gasteiger partial charge in [-0.15, -0.1) is 0 Å². The Labute approximate surface area is 190 Å². The molecule has 32 heavy (non-hydrogen) atoms. The van der Waals surface area contributed by atoms with Crippen molar-refractivity contribution in [2.45, 2.75) is 45.7 Å². The minimum Gasteiger partial charge on any atom is -0.467 e. The van der Waals surface area contributed by atoms with E-state index < -0.39 is 0 Å². The number of benzene rings is 2. The lowest BCUT2D eigenvalue weighted by Gasteiger charge is -2.29. The molecule has 0 bridgehead atoms. The molecule has 0 fully saturated rings. The number of nitrogens with zero attached hydrogens (tertiary/aromatic N) is 2. The van der Waals surface area contributed by atoms with E-state index >= 15 is 0 Å². The molecule has 2 aromatic carbocycles. The third-order valence-electron chi connectivity index (χ3n) is 5.54. The van der Waals surface area contributed by atoms with E-state index in [-0.39, 0.29) is 24.3 Å². The van der Waals surface area contributed by atoms with Gasteiger partial charge in [0.25, 0.3) is 0 Å². The molecule has 0 aliphatic rings. The Morgan fingerprint density at radius 2 is 1.53 bits per heavy atom. The topological polar surface area (TPSA) is 53.8 Å². The Balaban J connectivity index is 1.78. The molecule has 0 N–H and O–H groups in total. The van der Waals surface area contributed by atoms with Crippen LogP contribution in [0.15, 0.2) is 83.5 Å². The van der Waals surface area contributed by atoms with Gasteiger partial charge >= 0.3 is 0 Å². The summed E-state index contributed by atoms with van der Waals surface area (Å²) in [6, 6.07) is 23.4. The predicted molar refractivity (Wildman–Crippen MR) is 126 cm³/mol.